The molecule has 0 saturated heterocycles. The van der Waals surface area contributed by atoms with E-state index in [1.165, 1.54) is 12.0 Å². The first-order valence-corrected chi connectivity index (χ1v) is 8.24. The summed E-state index contributed by atoms with van der Waals surface area (Å²) < 4.78 is 10.5. The van der Waals surface area contributed by atoms with Crippen LogP contribution < -0.4 is 14.8 Å². The maximum absolute atomic E-state index is 12.7. The van der Waals surface area contributed by atoms with Gasteiger partial charge in [0, 0.05) is 12.0 Å². The second-order valence-corrected chi connectivity index (χ2v) is 6.25. The van der Waals surface area contributed by atoms with Gasteiger partial charge in [0.05, 0.1) is 19.8 Å². The van der Waals surface area contributed by atoms with Crippen LogP contribution in [0, 0.1) is 0 Å². The Morgan fingerprint density at radius 3 is 2.42 bits per heavy atom. The second-order valence-electron chi connectivity index (χ2n) is 6.25. The van der Waals surface area contributed by atoms with Crippen molar-refractivity contribution in [3.8, 4) is 11.5 Å². The van der Waals surface area contributed by atoms with Gasteiger partial charge < -0.3 is 14.8 Å². The first kappa shape index (κ1) is 16.4. The Balaban J connectivity index is 1.76. The van der Waals surface area contributed by atoms with Gasteiger partial charge in [-0.2, -0.15) is 0 Å². The zero-order valence-corrected chi connectivity index (χ0v) is 14.2. The molecule has 1 aliphatic carbocycles. The number of ether oxygens (including phenoxy) is 2. The number of methoxy groups -OCH3 is 2. The Bertz CT molecular complexity index is 708. The molecule has 1 N–H and O–H groups in total. The third-order valence-electron chi connectivity index (χ3n) is 4.94. The Kier molecular flexibility index (Phi) is 4.74. The monoisotopic (exact) mass is 325 g/mol. The van der Waals surface area contributed by atoms with E-state index < -0.39 is 0 Å². The summed E-state index contributed by atoms with van der Waals surface area (Å²) in [6, 6.07) is 15.7. The van der Waals surface area contributed by atoms with Crippen molar-refractivity contribution in [2.75, 3.05) is 20.8 Å². The van der Waals surface area contributed by atoms with E-state index in [1.807, 2.05) is 6.07 Å². The first-order chi connectivity index (χ1) is 11.7. The van der Waals surface area contributed by atoms with Gasteiger partial charge in [-0.15, -0.1) is 0 Å². The van der Waals surface area contributed by atoms with Crippen molar-refractivity contribution in [3.63, 3.8) is 0 Å². The standard InChI is InChI=1S/C20H23NO3/c1-23-16-9-10-18(24-2)17(13-16)19(22)21-14-20(11-6-12-20)15-7-4-3-5-8-15/h3-5,7-10,13H,6,11-12,14H2,1-2H3,(H,21,22). The Labute approximate surface area is 142 Å². The highest BCUT2D eigenvalue weighted by atomic mass is 16.5. The summed E-state index contributed by atoms with van der Waals surface area (Å²) in [7, 11) is 3.15. The minimum atomic E-state index is -0.132. The van der Waals surface area contributed by atoms with Gasteiger partial charge in [-0.1, -0.05) is 36.8 Å². The van der Waals surface area contributed by atoms with Crippen LogP contribution >= 0.6 is 0 Å². The molecule has 4 heteroatoms. The van der Waals surface area contributed by atoms with Gasteiger partial charge in [0.15, 0.2) is 0 Å². The molecule has 1 amide bonds. The van der Waals surface area contributed by atoms with Crippen molar-refractivity contribution in [1.82, 2.24) is 5.32 Å². The molecule has 1 aliphatic rings. The molecule has 0 atom stereocenters. The van der Waals surface area contributed by atoms with Crippen LogP contribution in [0.4, 0.5) is 0 Å². The van der Waals surface area contributed by atoms with Crippen molar-refractivity contribution in [2.24, 2.45) is 0 Å². The molecule has 1 saturated carbocycles. The Morgan fingerprint density at radius 1 is 1.08 bits per heavy atom. The molecule has 0 aliphatic heterocycles. The number of amides is 1. The van der Waals surface area contributed by atoms with E-state index in [9.17, 15) is 4.79 Å². The van der Waals surface area contributed by atoms with E-state index in [0.717, 1.165) is 12.8 Å². The topological polar surface area (TPSA) is 47.6 Å². The largest absolute Gasteiger partial charge is 0.497 e. The van der Waals surface area contributed by atoms with E-state index in [4.69, 9.17) is 9.47 Å². The van der Waals surface area contributed by atoms with Gasteiger partial charge in [0.1, 0.15) is 11.5 Å². The SMILES string of the molecule is COc1ccc(OC)c(C(=O)NCC2(c3ccccc3)CCC2)c1. The summed E-state index contributed by atoms with van der Waals surface area (Å²) >= 11 is 0. The summed E-state index contributed by atoms with van der Waals surface area (Å²) in [6.45, 7) is 0.635. The molecule has 4 nitrogen and oxygen atoms in total. The number of carbonyl (C=O) groups is 1. The van der Waals surface area contributed by atoms with Crippen molar-refractivity contribution in [1.29, 1.82) is 0 Å². The maximum atomic E-state index is 12.7. The van der Waals surface area contributed by atoms with E-state index in [0.29, 0.717) is 23.6 Å². The van der Waals surface area contributed by atoms with Crippen molar-refractivity contribution in [3.05, 3.63) is 59.7 Å². The molecular formula is C20H23NO3. The number of nitrogens with one attached hydrogen (secondary N) is 1. The summed E-state index contributed by atoms with van der Waals surface area (Å²) in [5.41, 5.74) is 1.86. The van der Waals surface area contributed by atoms with Crippen molar-refractivity contribution >= 4 is 5.91 Å². The zero-order valence-electron chi connectivity index (χ0n) is 14.2. The lowest BCUT2D eigenvalue weighted by Crippen LogP contribution is -2.45. The Hall–Kier alpha value is -2.49. The van der Waals surface area contributed by atoms with E-state index in [-0.39, 0.29) is 11.3 Å². The van der Waals surface area contributed by atoms with Gasteiger partial charge in [-0.25, -0.2) is 0 Å². The molecule has 24 heavy (non-hydrogen) atoms. The molecule has 0 heterocycles. The Morgan fingerprint density at radius 2 is 1.83 bits per heavy atom. The van der Waals surface area contributed by atoms with Crippen molar-refractivity contribution < 1.29 is 14.3 Å². The van der Waals surface area contributed by atoms with Crippen LogP contribution in [0.3, 0.4) is 0 Å². The van der Waals surface area contributed by atoms with Crippen LogP contribution in [0.5, 0.6) is 11.5 Å². The third-order valence-corrected chi connectivity index (χ3v) is 4.94. The quantitative estimate of drug-likeness (QED) is 0.883. The smallest absolute Gasteiger partial charge is 0.255 e. The maximum Gasteiger partial charge on any atom is 0.255 e. The highest BCUT2D eigenvalue weighted by Gasteiger charge is 2.38. The van der Waals surface area contributed by atoms with Crippen LogP contribution in [0.15, 0.2) is 48.5 Å². The first-order valence-electron chi connectivity index (χ1n) is 8.24. The van der Waals surface area contributed by atoms with Gasteiger partial charge in [0.2, 0.25) is 0 Å². The highest BCUT2D eigenvalue weighted by molar-refractivity contribution is 5.97. The fourth-order valence-electron chi connectivity index (χ4n) is 3.30. The lowest BCUT2D eigenvalue weighted by Gasteiger charge is -2.42. The number of carbonyl (C=O) groups excluding carboxylic acids is 1. The molecule has 0 spiro atoms. The van der Waals surface area contributed by atoms with Gasteiger partial charge in [-0.05, 0) is 36.6 Å². The van der Waals surface area contributed by atoms with Crippen LogP contribution in [-0.2, 0) is 5.41 Å². The van der Waals surface area contributed by atoms with E-state index in [2.05, 4.69) is 29.6 Å². The van der Waals surface area contributed by atoms with Gasteiger partial charge in [0.25, 0.3) is 5.91 Å². The van der Waals surface area contributed by atoms with Crippen LogP contribution in [0.2, 0.25) is 0 Å². The second kappa shape index (κ2) is 6.95. The summed E-state index contributed by atoms with van der Waals surface area (Å²) in [5, 5.41) is 3.09. The molecule has 3 rings (SSSR count). The highest BCUT2D eigenvalue weighted by Crippen LogP contribution is 2.43. The molecule has 2 aromatic carbocycles. The number of rotatable bonds is 6. The zero-order chi connectivity index (χ0) is 17.0. The lowest BCUT2D eigenvalue weighted by atomic mass is 9.64. The summed E-state index contributed by atoms with van der Waals surface area (Å²) in [5.74, 6) is 1.06. The summed E-state index contributed by atoms with van der Waals surface area (Å²) in [6.07, 6.45) is 3.41. The molecule has 1 fully saturated rings. The predicted octanol–water partition coefficient (Wildman–Crippen LogP) is 3.56. The average molecular weight is 325 g/mol. The molecule has 0 unspecified atom stereocenters. The summed E-state index contributed by atoms with van der Waals surface area (Å²) in [4.78, 5) is 12.7. The molecule has 2 aromatic rings. The minimum Gasteiger partial charge on any atom is -0.497 e. The van der Waals surface area contributed by atoms with Gasteiger partial charge in [-0.3, -0.25) is 4.79 Å². The van der Waals surface area contributed by atoms with Crippen LogP contribution in [0.25, 0.3) is 0 Å². The predicted molar refractivity (Wildman–Crippen MR) is 93.9 cm³/mol. The lowest BCUT2D eigenvalue weighted by molar-refractivity contribution is 0.0924. The molecule has 126 valence electrons. The molecule has 0 aromatic heterocycles. The average Bonchev–Trinajstić information content (AvgIpc) is 2.61. The minimum absolute atomic E-state index is 0.0586. The fraction of sp³-hybridized carbons (Fsp3) is 0.350. The normalized spacial score (nSPS) is 15.2. The van der Waals surface area contributed by atoms with E-state index in [1.54, 1.807) is 32.4 Å². The van der Waals surface area contributed by atoms with Gasteiger partial charge >= 0.3 is 0 Å². The molecular weight excluding hydrogens is 302 g/mol. The number of hydrogen-bond acceptors (Lipinski definition) is 3. The van der Waals surface area contributed by atoms with Crippen LogP contribution in [0.1, 0.15) is 35.2 Å². The molecule has 0 bridgehead atoms. The molecule has 0 radical (unpaired) electrons. The van der Waals surface area contributed by atoms with Crippen LogP contribution in [-0.4, -0.2) is 26.7 Å². The van der Waals surface area contributed by atoms with E-state index >= 15 is 0 Å². The number of benzene rings is 2. The number of hydrogen-bond donors (Lipinski definition) is 1. The third kappa shape index (κ3) is 3.09. The van der Waals surface area contributed by atoms with Crippen molar-refractivity contribution in [2.45, 2.75) is 24.7 Å². The fourth-order valence-corrected chi connectivity index (χ4v) is 3.30.